The van der Waals surface area contributed by atoms with E-state index in [9.17, 15) is 14.0 Å². The molecule has 0 aromatic heterocycles. The molecule has 1 aliphatic heterocycles. The Kier molecular flexibility index (Phi) is 5.92. The van der Waals surface area contributed by atoms with Crippen LogP contribution in [0.25, 0.3) is 0 Å². The molecular formula is C17H23FN2O2. The lowest BCUT2D eigenvalue weighted by molar-refractivity contribution is -0.133. The van der Waals surface area contributed by atoms with Gasteiger partial charge in [-0.1, -0.05) is 25.1 Å². The number of nitrogens with zero attached hydrogens (tertiary/aromatic N) is 2. The van der Waals surface area contributed by atoms with E-state index in [0.29, 0.717) is 51.0 Å². The van der Waals surface area contributed by atoms with E-state index in [-0.39, 0.29) is 17.6 Å². The van der Waals surface area contributed by atoms with E-state index in [2.05, 4.69) is 0 Å². The molecule has 0 saturated carbocycles. The van der Waals surface area contributed by atoms with E-state index < -0.39 is 0 Å². The largest absolute Gasteiger partial charge is 0.341 e. The van der Waals surface area contributed by atoms with Gasteiger partial charge >= 0.3 is 0 Å². The van der Waals surface area contributed by atoms with Crippen LogP contribution in [0.2, 0.25) is 0 Å². The molecule has 1 aromatic rings. The van der Waals surface area contributed by atoms with Gasteiger partial charge in [0, 0.05) is 39.0 Å². The third-order valence-electron chi connectivity index (χ3n) is 4.07. The summed E-state index contributed by atoms with van der Waals surface area (Å²) in [5.74, 6) is -0.0828. The predicted molar refractivity (Wildman–Crippen MR) is 82.8 cm³/mol. The number of halogens is 1. The molecule has 22 heavy (non-hydrogen) atoms. The van der Waals surface area contributed by atoms with Crippen molar-refractivity contribution >= 4 is 11.8 Å². The number of aryl methyl sites for hydroxylation is 1. The molecule has 0 bridgehead atoms. The zero-order valence-electron chi connectivity index (χ0n) is 13.1. The van der Waals surface area contributed by atoms with Crippen molar-refractivity contribution in [2.75, 3.05) is 26.2 Å². The summed E-state index contributed by atoms with van der Waals surface area (Å²) in [7, 11) is 0. The van der Waals surface area contributed by atoms with Crippen LogP contribution in [0.1, 0.15) is 31.7 Å². The first-order chi connectivity index (χ1) is 10.6. The summed E-state index contributed by atoms with van der Waals surface area (Å²) in [6.45, 7) is 4.40. The summed E-state index contributed by atoms with van der Waals surface area (Å²) in [5, 5.41) is 0. The summed E-state index contributed by atoms with van der Waals surface area (Å²) in [6.07, 6.45) is 2.03. The highest BCUT2D eigenvalue weighted by Crippen LogP contribution is 2.11. The Balaban J connectivity index is 1.85. The second kappa shape index (κ2) is 7.92. The fraction of sp³-hybridized carbons (Fsp3) is 0.529. The number of rotatable bonds is 4. The smallest absolute Gasteiger partial charge is 0.222 e. The first-order valence-corrected chi connectivity index (χ1v) is 7.90. The maximum Gasteiger partial charge on any atom is 0.222 e. The van der Waals surface area contributed by atoms with Crippen molar-refractivity contribution in [2.45, 2.75) is 32.6 Å². The van der Waals surface area contributed by atoms with Crippen LogP contribution in [0.5, 0.6) is 0 Å². The van der Waals surface area contributed by atoms with E-state index in [1.54, 1.807) is 23.1 Å². The second-order valence-corrected chi connectivity index (χ2v) is 5.56. The highest BCUT2D eigenvalue weighted by molar-refractivity contribution is 5.77. The lowest BCUT2D eigenvalue weighted by Crippen LogP contribution is -2.37. The molecule has 5 heteroatoms. The predicted octanol–water partition coefficient (Wildman–Crippen LogP) is 2.23. The van der Waals surface area contributed by atoms with E-state index in [1.807, 2.05) is 11.8 Å². The molecule has 0 unspecified atom stereocenters. The molecule has 0 aliphatic carbocycles. The van der Waals surface area contributed by atoms with Crippen molar-refractivity contribution in [2.24, 2.45) is 0 Å². The van der Waals surface area contributed by atoms with Gasteiger partial charge in [0.25, 0.3) is 0 Å². The van der Waals surface area contributed by atoms with Crippen LogP contribution in [0.4, 0.5) is 4.39 Å². The van der Waals surface area contributed by atoms with Crippen molar-refractivity contribution in [1.29, 1.82) is 0 Å². The molecule has 0 N–H and O–H groups in total. The molecule has 1 aromatic carbocycles. The Morgan fingerprint density at radius 1 is 1.05 bits per heavy atom. The zero-order valence-corrected chi connectivity index (χ0v) is 13.1. The fourth-order valence-corrected chi connectivity index (χ4v) is 2.74. The van der Waals surface area contributed by atoms with Crippen molar-refractivity contribution in [1.82, 2.24) is 9.80 Å². The van der Waals surface area contributed by atoms with Crippen LogP contribution < -0.4 is 0 Å². The lowest BCUT2D eigenvalue weighted by atomic mass is 10.1. The Labute approximate surface area is 130 Å². The normalized spacial score (nSPS) is 15.5. The summed E-state index contributed by atoms with van der Waals surface area (Å²) in [4.78, 5) is 27.6. The van der Waals surface area contributed by atoms with Crippen LogP contribution in [0.3, 0.4) is 0 Å². The fourth-order valence-electron chi connectivity index (χ4n) is 2.74. The molecule has 4 nitrogen and oxygen atoms in total. The molecule has 120 valence electrons. The molecule has 0 atom stereocenters. The zero-order chi connectivity index (χ0) is 15.9. The first kappa shape index (κ1) is 16.5. The highest BCUT2D eigenvalue weighted by atomic mass is 19.1. The molecule has 0 radical (unpaired) electrons. The molecule has 1 aliphatic rings. The topological polar surface area (TPSA) is 40.6 Å². The van der Waals surface area contributed by atoms with Gasteiger partial charge < -0.3 is 9.80 Å². The number of carbonyl (C=O) groups excluding carboxylic acids is 2. The maximum atomic E-state index is 13.6. The van der Waals surface area contributed by atoms with Gasteiger partial charge in [0.05, 0.1) is 0 Å². The van der Waals surface area contributed by atoms with Crippen molar-refractivity contribution < 1.29 is 14.0 Å². The third kappa shape index (κ3) is 4.29. The van der Waals surface area contributed by atoms with E-state index in [0.717, 1.165) is 6.42 Å². The average Bonchev–Trinajstić information content (AvgIpc) is 2.79. The van der Waals surface area contributed by atoms with Crippen molar-refractivity contribution in [3.63, 3.8) is 0 Å². The number of benzene rings is 1. The molecule has 0 spiro atoms. The quantitative estimate of drug-likeness (QED) is 0.856. The van der Waals surface area contributed by atoms with E-state index in [4.69, 9.17) is 0 Å². The lowest BCUT2D eigenvalue weighted by Gasteiger charge is -2.22. The minimum absolute atomic E-state index is 0.0362. The van der Waals surface area contributed by atoms with E-state index in [1.165, 1.54) is 6.07 Å². The van der Waals surface area contributed by atoms with E-state index >= 15 is 0 Å². The maximum absolute atomic E-state index is 13.6. The van der Waals surface area contributed by atoms with Crippen LogP contribution >= 0.6 is 0 Å². The minimum atomic E-state index is -0.258. The summed E-state index contributed by atoms with van der Waals surface area (Å²) < 4.78 is 13.6. The van der Waals surface area contributed by atoms with Crippen LogP contribution in [0, 0.1) is 5.82 Å². The summed E-state index contributed by atoms with van der Waals surface area (Å²) >= 11 is 0. The molecule has 2 rings (SSSR count). The number of hydrogen-bond acceptors (Lipinski definition) is 2. The molecule has 1 fully saturated rings. The number of hydrogen-bond donors (Lipinski definition) is 0. The first-order valence-electron chi connectivity index (χ1n) is 7.90. The summed E-state index contributed by atoms with van der Waals surface area (Å²) in [6, 6.07) is 6.56. The van der Waals surface area contributed by atoms with Crippen LogP contribution in [0.15, 0.2) is 24.3 Å². The van der Waals surface area contributed by atoms with Gasteiger partial charge in [0.15, 0.2) is 0 Å². The molecule has 2 amide bonds. The monoisotopic (exact) mass is 306 g/mol. The second-order valence-electron chi connectivity index (χ2n) is 5.56. The highest BCUT2D eigenvalue weighted by Gasteiger charge is 2.21. The summed E-state index contributed by atoms with van der Waals surface area (Å²) in [5.41, 5.74) is 0.577. The van der Waals surface area contributed by atoms with Crippen LogP contribution in [-0.4, -0.2) is 47.8 Å². The van der Waals surface area contributed by atoms with Gasteiger partial charge in [-0.25, -0.2) is 4.39 Å². The molecule has 1 heterocycles. The van der Waals surface area contributed by atoms with Gasteiger partial charge in [-0.3, -0.25) is 9.59 Å². The minimum Gasteiger partial charge on any atom is -0.341 e. The van der Waals surface area contributed by atoms with Crippen LogP contribution in [-0.2, 0) is 16.0 Å². The van der Waals surface area contributed by atoms with Crippen molar-refractivity contribution in [3.05, 3.63) is 35.6 Å². The Morgan fingerprint density at radius 2 is 1.68 bits per heavy atom. The van der Waals surface area contributed by atoms with Crippen molar-refractivity contribution in [3.8, 4) is 0 Å². The Morgan fingerprint density at radius 3 is 2.32 bits per heavy atom. The number of amides is 2. The Hall–Kier alpha value is -1.91. The average molecular weight is 306 g/mol. The number of carbonyl (C=O) groups is 2. The van der Waals surface area contributed by atoms with Gasteiger partial charge in [0.1, 0.15) is 5.82 Å². The Bertz CT molecular complexity index is 533. The molecular weight excluding hydrogens is 283 g/mol. The SMILES string of the molecule is CCC(=O)N1CCCN(C(=O)CCc2ccccc2F)CC1. The third-order valence-corrected chi connectivity index (χ3v) is 4.07. The van der Waals surface area contributed by atoms with Gasteiger partial charge in [-0.2, -0.15) is 0 Å². The molecule has 1 saturated heterocycles. The van der Waals surface area contributed by atoms with Gasteiger partial charge in [-0.05, 0) is 24.5 Å². The van der Waals surface area contributed by atoms with Gasteiger partial charge in [0.2, 0.25) is 11.8 Å². The standard InChI is InChI=1S/C17H23FN2O2/c1-2-16(21)19-10-5-11-20(13-12-19)17(22)9-8-14-6-3-4-7-15(14)18/h3-4,6-7H,2,5,8-13H2,1H3. The van der Waals surface area contributed by atoms with Gasteiger partial charge in [-0.15, -0.1) is 0 Å².